The zero-order chi connectivity index (χ0) is 12.3. The van der Waals surface area contributed by atoms with Crippen molar-refractivity contribution in [1.29, 1.82) is 0 Å². The Morgan fingerprint density at radius 1 is 1.31 bits per heavy atom. The lowest BCUT2D eigenvalue weighted by Gasteiger charge is -2.16. The first-order chi connectivity index (χ1) is 7.29. The molecule has 3 heteroatoms. The molecule has 1 nitrogen and oxygen atoms in total. The fourth-order valence-electron chi connectivity index (χ4n) is 1.60. The summed E-state index contributed by atoms with van der Waals surface area (Å²) in [4.78, 5) is 11.5. The van der Waals surface area contributed by atoms with Gasteiger partial charge in [0.05, 0.1) is 0 Å². The molecule has 0 N–H and O–H groups in total. The molecule has 1 aromatic rings. The van der Waals surface area contributed by atoms with Crippen LogP contribution in [0.5, 0.6) is 0 Å². The van der Waals surface area contributed by atoms with Gasteiger partial charge in [-0.3, -0.25) is 4.79 Å². The standard InChI is InChI=1S/C13H19ClOSi/c1-10(15)13-9-12(14)6-5-11(13)7-8-16(2,3)4/h5-6,9H,7-8H2,1-4H3. The largest absolute Gasteiger partial charge is 0.295 e. The van der Waals surface area contributed by atoms with Crippen LogP contribution in [-0.4, -0.2) is 13.9 Å². The highest BCUT2D eigenvalue weighted by molar-refractivity contribution is 6.76. The van der Waals surface area contributed by atoms with E-state index in [9.17, 15) is 4.79 Å². The van der Waals surface area contributed by atoms with Crippen molar-refractivity contribution in [2.45, 2.75) is 39.0 Å². The van der Waals surface area contributed by atoms with Gasteiger partial charge < -0.3 is 0 Å². The lowest BCUT2D eigenvalue weighted by Crippen LogP contribution is -2.20. The molecule has 0 atom stereocenters. The summed E-state index contributed by atoms with van der Waals surface area (Å²) in [5.41, 5.74) is 1.92. The third kappa shape index (κ3) is 4.10. The summed E-state index contributed by atoms with van der Waals surface area (Å²) in [6, 6.07) is 6.84. The van der Waals surface area contributed by atoms with Gasteiger partial charge in [-0.2, -0.15) is 0 Å². The van der Waals surface area contributed by atoms with Crippen LogP contribution in [-0.2, 0) is 6.42 Å². The number of aryl methyl sites for hydroxylation is 1. The van der Waals surface area contributed by atoms with E-state index in [2.05, 4.69) is 19.6 Å². The minimum Gasteiger partial charge on any atom is -0.295 e. The van der Waals surface area contributed by atoms with Crippen LogP contribution in [0.15, 0.2) is 18.2 Å². The van der Waals surface area contributed by atoms with Crippen LogP contribution in [0.2, 0.25) is 30.7 Å². The van der Waals surface area contributed by atoms with Gasteiger partial charge in [0.1, 0.15) is 0 Å². The molecular formula is C13H19ClOSi. The van der Waals surface area contributed by atoms with Crippen LogP contribution in [0.25, 0.3) is 0 Å². The van der Waals surface area contributed by atoms with Gasteiger partial charge in [-0.15, -0.1) is 0 Å². The number of hydrogen-bond acceptors (Lipinski definition) is 1. The first-order valence-electron chi connectivity index (χ1n) is 5.59. The number of carbonyl (C=O) groups excluding carboxylic acids is 1. The molecule has 88 valence electrons. The summed E-state index contributed by atoms with van der Waals surface area (Å²) in [6.07, 6.45) is 0.988. The van der Waals surface area contributed by atoms with Crippen molar-refractivity contribution in [3.05, 3.63) is 34.3 Å². The summed E-state index contributed by atoms with van der Waals surface area (Å²) < 4.78 is 0. The number of rotatable bonds is 4. The van der Waals surface area contributed by atoms with E-state index in [0.717, 1.165) is 17.5 Å². The third-order valence-corrected chi connectivity index (χ3v) is 4.58. The van der Waals surface area contributed by atoms with Crippen molar-refractivity contribution in [1.82, 2.24) is 0 Å². The topological polar surface area (TPSA) is 17.1 Å². The van der Waals surface area contributed by atoms with Crippen LogP contribution in [0.4, 0.5) is 0 Å². The number of Topliss-reactive ketones (excluding diaryl/α,β-unsaturated/α-hetero) is 1. The fraction of sp³-hybridized carbons (Fsp3) is 0.462. The van der Waals surface area contributed by atoms with Gasteiger partial charge in [-0.05, 0) is 31.0 Å². The van der Waals surface area contributed by atoms with E-state index in [-0.39, 0.29) is 5.78 Å². The third-order valence-electron chi connectivity index (χ3n) is 2.60. The normalized spacial score (nSPS) is 11.6. The van der Waals surface area contributed by atoms with E-state index < -0.39 is 8.07 Å². The maximum atomic E-state index is 11.5. The summed E-state index contributed by atoms with van der Waals surface area (Å²) in [6.45, 7) is 8.63. The minimum absolute atomic E-state index is 0.105. The Bertz CT molecular complexity index is 393. The van der Waals surface area contributed by atoms with Gasteiger partial charge in [0.15, 0.2) is 5.78 Å². The molecule has 0 saturated carbocycles. The predicted molar refractivity (Wildman–Crippen MR) is 73.3 cm³/mol. The monoisotopic (exact) mass is 254 g/mol. The van der Waals surface area contributed by atoms with Crippen LogP contribution in [0.1, 0.15) is 22.8 Å². The molecule has 1 rings (SSSR count). The average molecular weight is 255 g/mol. The van der Waals surface area contributed by atoms with Crippen LogP contribution in [0, 0.1) is 0 Å². The molecule has 0 aliphatic rings. The molecule has 0 heterocycles. The van der Waals surface area contributed by atoms with Crippen molar-refractivity contribution in [2.75, 3.05) is 0 Å². The molecule has 0 fully saturated rings. The Morgan fingerprint density at radius 3 is 2.44 bits per heavy atom. The van der Waals surface area contributed by atoms with Crippen molar-refractivity contribution in [3.63, 3.8) is 0 Å². The second-order valence-electron chi connectivity index (χ2n) is 5.42. The van der Waals surface area contributed by atoms with Crippen LogP contribution >= 0.6 is 11.6 Å². The van der Waals surface area contributed by atoms with E-state index in [1.54, 1.807) is 13.0 Å². The molecule has 16 heavy (non-hydrogen) atoms. The number of ketones is 1. The lowest BCUT2D eigenvalue weighted by atomic mass is 10.0. The average Bonchev–Trinajstić information content (AvgIpc) is 2.14. The molecule has 0 aromatic heterocycles. The highest BCUT2D eigenvalue weighted by Crippen LogP contribution is 2.21. The fourth-order valence-corrected chi connectivity index (χ4v) is 2.80. The van der Waals surface area contributed by atoms with Gasteiger partial charge in [-0.25, -0.2) is 0 Å². The minimum atomic E-state index is -1.06. The molecule has 0 amide bonds. The van der Waals surface area contributed by atoms with Crippen molar-refractivity contribution in [2.24, 2.45) is 0 Å². The van der Waals surface area contributed by atoms with Gasteiger partial charge in [0.25, 0.3) is 0 Å². The predicted octanol–water partition coefficient (Wildman–Crippen LogP) is 4.42. The number of hydrogen-bond donors (Lipinski definition) is 0. The van der Waals surface area contributed by atoms with Gasteiger partial charge in [0.2, 0.25) is 0 Å². The van der Waals surface area contributed by atoms with Gasteiger partial charge >= 0.3 is 0 Å². The number of halogens is 1. The molecule has 0 aliphatic heterocycles. The number of benzene rings is 1. The highest BCUT2D eigenvalue weighted by Gasteiger charge is 2.15. The second-order valence-corrected chi connectivity index (χ2v) is 11.5. The summed E-state index contributed by atoms with van der Waals surface area (Å²) in [7, 11) is -1.06. The quantitative estimate of drug-likeness (QED) is 0.574. The van der Waals surface area contributed by atoms with Crippen molar-refractivity contribution in [3.8, 4) is 0 Å². The molecule has 0 radical (unpaired) electrons. The molecule has 0 unspecified atom stereocenters. The Morgan fingerprint density at radius 2 is 1.94 bits per heavy atom. The molecule has 0 bridgehead atoms. The zero-order valence-electron chi connectivity index (χ0n) is 10.4. The van der Waals surface area contributed by atoms with Crippen LogP contribution in [0.3, 0.4) is 0 Å². The molecule has 0 saturated heterocycles. The lowest BCUT2D eigenvalue weighted by molar-refractivity contribution is 0.101. The zero-order valence-corrected chi connectivity index (χ0v) is 12.2. The summed E-state index contributed by atoms with van der Waals surface area (Å²) in [5, 5.41) is 0.641. The highest BCUT2D eigenvalue weighted by atomic mass is 35.5. The molecule has 0 aliphatic carbocycles. The Kier molecular flexibility index (Phi) is 4.33. The second kappa shape index (κ2) is 5.15. The Hall–Kier alpha value is -0.603. The van der Waals surface area contributed by atoms with E-state index in [1.165, 1.54) is 6.04 Å². The van der Waals surface area contributed by atoms with Gasteiger partial charge in [0, 0.05) is 18.7 Å². The molecule has 1 aromatic carbocycles. The first-order valence-corrected chi connectivity index (χ1v) is 9.67. The maximum absolute atomic E-state index is 11.5. The number of carbonyl (C=O) groups is 1. The van der Waals surface area contributed by atoms with E-state index in [0.29, 0.717) is 5.02 Å². The molecular weight excluding hydrogens is 236 g/mol. The summed E-state index contributed by atoms with van der Waals surface area (Å²) in [5.74, 6) is 0.105. The Balaban J connectivity index is 2.91. The van der Waals surface area contributed by atoms with Gasteiger partial charge in [-0.1, -0.05) is 43.4 Å². The van der Waals surface area contributed by atoms with E-state index in [1.807, 2.05) is 12.1 Å². The van der Waals surface area contributed by atoms with Crippen molar-refractivity contribution < 1.29 is 4.79 Å². The Labute approximate surface area is 104 Å². The molecule has 0 spiro atoms. The first kappa shape index (κ1) is 13.5. The maximum Gasteiger partial charge on any atom is 0.160 e. The summed E-state index contributed by atoms with van der Waals surface area (Å²) >= 11 is 5.91. The van der Waals surface area contributed by atoms with E-state index in [4.69, 9.17) is 11.6 Å². The van der Waals surface area contributed by atoms with Crippen LogP contribution < -0.4 is 0 Å². The smallest absolute Gasteiger partial charge is 0.160 e. The van der Waals surface area contributed by atoms with E-state index >= 15 is 0 Å². The van der Waals surface area contributed by atoms with Crippen molar-refractivity contribution >= 4 is 25.5 Å². The SMILES string of the molecule is CC(=O)c1cc(Cl)ccc1CC[Si](C)(C)C.